The summed E-state index contributed by atoms with van der Waals surface area (Å²) in [5.41, 5.74) is 0.857. The van der Waals surface area contributed by atoms with E-state index in [0.717, 1.165) is 12.2 Å². The molecule has 0 aliphatic rings. The van der Waals surface area contributed by atoms with Gasteiger partial charge in [0.25, 0.3) is 5.56 Å². The molecule has 5 nitrogen and oxygen atoms in total. The predicted octanol–water partition coefficient (Wildman–Crippen LogP) is 2.57. The number of likely N-dealkylation sites (N-methyl/N-ethyl adjacent to an activating group) is 1. The summed E-state index contributed by atoms with van der Waals surface area (Å²) >= 11 is 1.78. The monoisotopic (exact) mass is 345 g/mol. The highest BCUT2D eigenvalue weighted by atomic mass is 32.2. The van der Waals surface area contributed by atoms with E-state index < -0.39 is 0 Å². The van der Waals surface area contributed by atoms with Gasteiger partial charge in [0, 0.05) is 29.7 Å². The Labute approximate surface area is 146 Å². The molecule has 1 heterocycles. The highest BCUT2D eigenvalue weighted by molar-refractivity contribution is 7.99. The quantitative estimate of drug-likeness (QED) is 0.619. The lowest BCUT2D eigenvalue weighted by molar-refractivity contribution is -0.129. The number of benzene rings is 1. The summed E-state index contributed by atoms with van der Waals surface area (Å²) in [6.07, 6.45) is 1.00. The van der Waals surface area contributed by atoms with Crippen molar-refractivity contribution in [1.82, 2.24) is 14.9 Å². The van der Waals surface area contributed by atoms with Gasteiger partial charge in [0.15, 0.2) is 0 Å². The zero-order valence-electron chi connectivity index (χ0n) is 14.3. The Morgan fingerprint density at radius 2 is 1.96 bits per heavy atom. The van der Waals surface area contributed by atoms with Gasteiger partial charge < -0.3 is 9.88 Å². The minimum absolute atomic E-state index is 0.0565. The lowest BCUT2D eigenvalue weighted by atomic mass is 10.1. The van der Waals surface area contributed by atoms with Gasteiger partial charge >= 0.3 is 0 Å². The number of carbonyl (C=O) groups is 1. The average molecular weight is 345 g/mol. The molecule has 1 aromatic heterocycles. The predicted molar refractivity (Wildman–Crippen MR) is 97.5 cm³/mol. The highest BCUT2D eigenvalue weighted by Crippen LogP contribution is 2.17. The van der Waals surface area contributed by atoms with Crippen LogP contribution in [0.2, 0.25) is 0 Å². The van der Waals surface area contributed by atoms with E-state index in [9.17, 15) is 9.59 Å². The van der Waals surface area contributed by atoms with Crippen molar-refractivity contribution in [3.63, 3.8) is 0 Å². The molecular weight excluding hydrogens is 322 g/mol. The lowest BCUT2D eigenvalue weighted by Crippen LogP contribution is -2.32. The summed E-state index contributed by atoms with van der Waals surface area (Å²) in [5.74, 6) is 1.46. The number of thioether (sulfide) groups is 1. The van der Waals surface area contributed by atoms with Gasteiger partial charge in [-0.1, -0.05) is 18.2 Å². The van der Waals surface area contributed by atoms with Gasteiger partial charge in [0.2, 0.25) is 5.91 Å². The molecule has 2 rings (SSSR count). The SMILES string of the molecule is Cc1nc(C)c(CC(=O)N(C)CCCSc2ccccc2)c(=O)[nH]1. The van der Waals surface area contributed by atoms with Crippen molar-refractivity contribution < 1.29 is 4.79 Å². The maximum atomic E-state index is 12.3. The Balaban J connectivity index is 1.81. The first-order valence-electron chi connectivity index (χ1n) is 7.95. The highest BCUT2D eigenvalue weighted by Gasteiger charge is 2.15. The minimum atomic E-state index is -0.221. The second-order valence-electron chi connectivity index (χ2n) is 5.72. The normalized spacial score (nSPS) is 10.6. The number of H-pyrrole nitrogens is 1. The molecule has 1 aromatic carbocycles. The van der Waals surface area contributed by atoms with Crippen LogP contribution >= 0.6 is 11.8 Å². The van der Waals surface area contributed by atoms with Crippen LogP contribution in [0.25, 0.3) is 0 Å². The fourth-order valence-electron chi connectivity index (χ4n) is 2.38. The topological polar surface area (TPSA) is 66.1 Å². The van der Waals surface area contributed by atoms with E-state index in [1.54, 1.807) is 37.6 Å². The van der Waals surface area contributed by atoms with Crippen molar-refractivity contribution >= 4 is 17.7 Å². The Kier molecular flexibility index (Phi) is 6.61. The van der Waals surface area contributed by atoms with Crippen LogP contribution < -0.4 is 5.56 Å². The summed E-state index contributed by atoms with van der Waals surface area (Å²) < 4.78 is 0. The van der Waals surface area contributed by atoms with Gasteiger partial charge in [0.1, 0.15) is 5.82 Å². The third-order valence-corrected chi connectivity index (χ3v) is 4.84. The van der Waals surface area contributed by atoms with Gasteiger partial charge in [0.05, 0.1) is 6.42 Å². The van der Waals surface area contributed by atoms with E-state index >= 15 is 0 Å². The Bertz CT molecular complexity index is 744. The summed E-state index contributed by atoms with van der Waals surface area (Å²) in [6, 6.07) is 10.2. The Hall–Kier alpha value is -2.08. The second kappa shape index (κ2) is 8.68. The van der Waals surface area contributed by atoms with Crippen molar-refractivity contribution in [2.24, 2.45) is 0 Å². The fourth-order valence-corrected chi connectivity index (χ4v) is 3.24. The number of nitrogens with one attached hydrogen (secondary N) is 1. The number of rotatable bonds is 7. The molecule has 0 unspecified atom stereocenters. The van der Waals surface area contributed by atoms with Gasteiger partial charge in [-0.15, -0.1) is 11.8 Å². The number of aryl methyl sites for hydroxylation is 2. The average Bonchev–Trinajstić information content (AvgIpc) is 2.55. The molecule has 0 saturated carbocycles. The molecule has 1 N–H and O–H groups in total. The van der Waals surface area contributed by atoms with E-state index in [1.165, 1.54) is 4.90 Å². The molecule has 0 atom stereocenters. The van der Waals surface area contributed by atoms with Gasteiger partial charge in [-0.2, -0.15) is 0 Å². The summed E-state index contributed by atoms with van der Waals surface area (Å²) in [7, 11) is 1.78. The van der Waals surface area contributed by atoms with E-state index in [-0.39, 0.29) is 17.9 Å². The second-order valence-corrected chi connectivity index (χ2v) is 6.89. The van der Waals surface area contributed by atoms with Crippen molar-refractivity contribution in [3.05, 3.63) is 57.8 Å². The summed E-state index contributed by atoms with van der Waals surface area (Å²) in [6.45, 7) is 4.17. The number of hydrogen-bond donors (Lipinski definition) is 1. The molecule has 128 valence electrons. The maximum Gasteiger partial charge on any atom is 0.254 e. The van der Waals surface area contributed by atoms with E-state index in [1.807, 2.05) is 18.2 Å². The Morgan fingerprint density at radius 1 is 1.25 bits per heavy atom. The standard InChI is InChI=1S/C18H23N3O2S/c1-13-16(18(23)20-14(2)19-13)12-17(22)21(3)10-7-11-24-15-8-5-4-6-9-15/h4-6,8-9H,7,10-12H2,1-3H3,(H,19,20,23). The molecule has 0 spiro atoms. The van der Waals surface area contributed by atoms with Gasteiger partial charge in [-0.3, -0.25) is 9.59 Å². The molecule has 2 aromatic rings. The Morgan fingerprint density at radius 3 is 2.62 bits per heavy atom. The van der Waals surface area contributed by atoms with Crippen LogP contribution in [-0.4, -0.2) is 40.1 Å². The first-order valence-corrected chi connectivity index (χ1v) is 8.94. The largest absolute Gasteiger partial charge is 0.345 e. The maximum absolute atomic E-state index is 12.3. The zero-order chi connectivity index (χ0) is 17.5. The summed E-state index contributed by atoms with van der Waals surface area (Å²) in [4.78, 5) is 34.1. The number of amides is 1. The molecule has 0 aliphatic carbocycles. The third kappa shape index (κ3) is 5.23. The van der Waals surface area contributed by atoms with Crippen LogP contribution in [-0.2, 0) is 11.2 Å². The van der Waals surface area contributed by atoms with Crippen LogP contribution in [0.15, 0.2) is 40.0 Å². The number of carbonyl (C=O) groups excluding carboxylic acids is 1. The van der Waals surface area contributed by atoms with Crippen LogP contribution in [0.1, 0.15) is 23.5 Å². The van der Waals surface area contributed by atoms with Crippen LogP contribution in [0, 0.1) is 13.8 Å². The van der Waals surface area contributed by atoms with Crippen molar-refractivity contribution in [1.29, 1.82) is 0 Å². The molecule has 0 aliphatic heterocycles. The number of aromatic amines is 1. The van der Waals surface area contributed by atoms with Crippen molar-refractivity contribution in [3.8, 4) is 0 Å². The van der Waals surface area contributed by atoms with Gasteiger partial charge in [-0.05, 0) is 38.2 Å². The molecule has 6 heteroatoms. The molecule has 0 fully saturated rings. The smallest absolute Gasteiger partial charge is 0.254 e. The molecule has 0 saturated heterocycles. The lowest BCUT2D eigenvalue weighted by Gasteiger charge is -2.17. The van der Waals surface area contributed by atoms with Gasteiger partial charge in [-0.25, -0.2) is 4.98 Å². The number of nitrogens with zero attached hydrogens (tertiary/aromatic N) is 2. The molecule has 0 radical (unpaired) electrons. The van der Waals surface area contributed by atoms with Crippen molar-refractivity contribution in [2.45, 2.75) is 31.6 Å². The molecule has 24 heavy (non-hydrogen) atoms. The van der Waals surface area contributed by atoms with Crippen molar-refractivity contribution in [2.75, 3.05) is 19.3 Å². The van der Waals surface area contributed by atoms with E-state index in [4.69, 9.17) is 0 Å². The third-order valence-electron chi connectivity index (χ3n) is 3.74. The molecular formula is C18H23N3O2S. The first kappa shape index (κ1) is 18.3. The zero-order valence-corrected chi connectivity index (χ0v) is 15.2. The number of hydrogen-bond acceptors (Lipinski definition) is 4. The van der Waals surface area contributed by atoms with Crippen LogP contribution in [0.5, 0.6) is 0 Å². The van der Waals surface area contributed by atoms with E-state index in [2.05, 4.69) is 22.1 Å². The summed E-state index contributed by atoms with van der Waals surface area (Å²) in [5, 5.41) is 0. The van der Waals surface area contributed by atoms with Crippen LogP contribution in [0.3, 0.4) is 0 Å². The van der Waals surface area contributed by atoms with E-state index in [0.29, 0.717) is 23.6 Å². The number of aromatic nitrogens is 2. The van der Waals surface area contributed by atoms with Crippen LogP contribution in [0.4, 0.5) is 0 Å². The fraction of sp³-hybridized carbons (Fsp3) is 0.389. The minimum Gasteiger partial charge on any atom is -0.345 e. The molecule has 1 amide bonds. The first-order chi connectivity index (χ1) is 11.5. The molecule has 0 bridgehead atoms.